The maximum absolute atomic E-state index is 13.4. The Kier molecular flexibility index (Phi) is 4.70. The molecule has 0 saturated carbocycles. The van der Waals surface area contributed by atoms with E-state index >= 15 is 0 Å². The summed E-state index contributed by atoms with van der Waals surface area (Å²) in [5.41, 5.74) is 2.28. The first-order chi connectivity index (χ1) is 15.3. The average molecular weight is 453 g/mol. The second-order valence-electron chi connectivity index (χ2n) is 7.72. The Morgan fingerprint density at radius 1 is 1.03 bits per heavy atom. The van der Waals surface area contributed by atoms with E-state index < -0.39 is 11.5 Å². The van der Waals surface area contributed by atoms with Gasteiger partial charge in [-0.05, 0) is 30.2 Å². The average Bonchev–Trinajstić information content (AvgIpc) is 3.29. The molecule has 0 radical (unpaired) electrons. The maximum Gasteiger partial charge on any atom is 0.352 e. The van der Waals surface area contributed by atoms with E-state index in [4.69, 9.17) is 11.6 Å². The molecule has 5 rings (SSSR count). The molecule has 10 heteroatoms. The van der Waals surface area contributed by atoms with Gasteiger partial charge in [0, 0.05) is 18.3 Å². The number of hydrogen-bond donors (Lipinski definition) is 0. The molecular weight excluding hydrogens is 435 g/mol. The number of aryl methyl sites for hydroxylation is 2. The molecule has 0 amide bonds. The van der Waals surface area contributed by atoms with Gasteiger partial charge in [-0.2, -0.15) is 5.10 Å². The molecule has 32 heavy (non-hydrogen) atoms. The van der Waals surface area contributed by atoms with Gasteiger partial charge < -0.3 is 0 Å². The Morgan fingerprint density at radius 2 is 1.78 bits per heavy atom. The van der Waals surface area contributed by atoms with Crippen molar-refractivity contribution in [2.24, 2.45) is 7.05 Å². The highest BCUT2D eigenvalue weighted by atomic mass is 35.5. The van der Waals surface area contributed by atoms with Gasteiger partial charge in [-0.15, -0.1) is 5.10 Å². The molecular formula is C22H18ClFN6O2. The lowest BCUT2D eigenvalue weighted by molar-refractivity contribution is 0.622. The largest absolute Gasteiger partial charge is 0.352 e. The number of benzene rings is 2. The quantitative estimate of drug-likeness (QED) is 0.420. The van der Waals surface area contributed by atoms with Crippen molar-refractivity contribution in [2.45, 2.75) is 20.0 Å². The highest BCUT2D eigenvalue weighted by Crippen LogP contribution is 2.18. The van der Waals surface area contributed by atoms with Crippen LogP contribution in [0, 0.1) is 12.7 Å². The third-order valence-corrected chi connectivity index (χ3v) is 5.71. The summed E-state index contributed by atoms with van der Waals surface area (Å²) in [6.07, 6.45) is 1.61. The monoisotopic (exact) mass is 452 g/mol. The summed E-state index contributed by atoms with van der Waals surface area (Å²) in [7, 11) is 1.68. The lowest BCUT2D eigenvalue weighted by atomic mass is 10.1. The summed E-state index contributed by atoms with van der Waals surface area (Å²) in [6.45, 7) is 2.24. The summed E-state index contributed by atoms with van der Waals surface area (Å²) in [4.78, 5) is 26.5. The Morgan fingerprint density at radius 3 is 2.50 bits per heavy atom. The summed E-state index contributed by atoms with van der Waals surface area (Å²) in [5.74, 6) is -0.274. The predicted octanol–water partition coefficient (Wildman–Crippen LogP) is 2.74. The van der Waals surface area contributed by atoms with Crippen LogP contribution in [0.15, 0.2) is 58.3 Å². The Hall–Kier alpha value is -3.72. The first-order valence-electron chi connectivity index (χ1n) is 9.87. The van der Waals surface area contributed by atoms with Crippen LogP contribution in [0.25, 0.3) is 16.8 Å². The van der Waals surface area contributed by atoms with E-state index in [0.29, 0.717) is 11.1 Å². The highest BCUT2D eigenvalue weighted by Gasteiger charge is 2.20. The number of nitrogens with zero attached hydrogens (tertiary/aromatic N) is 6. The molecule has 3 heterocycles. The van der Waals surface area contributed by atoms with Gasteiger partial charge in [0.15, 0.2) is 5.52 Å². The van der Waals surface area contributed by atoms with Crippen LogP contribution in [0.2, 0.25) is 5.02 Å². The van der Waals surface area contributed by atoms with Crippen LogP contribution in [0.4, 0.5) is 4.39 Å². The second kappa shape index (κ2) is 7.45. The first kappa shape index (κ1) is 20.2. The van der Waals surface area contributed by atoms with Gasteiger partial charge in [-0.3, -0.25) is 14.0 Å². The minimum Gasteiger partial charge on any atom is -0.273 e. The fraction of sp³-hybridized carbons (Fsp3) is 0.182. The molecule has 0 bridgehead atoms. The van der Waals surface area contributed by atoms with Gasteiger partial charge in [-0.25, -0.2) is 18.3 Å². The van der Waals surface area contributed by atoms with E-state index in [1.54, 1.807) is 13.2 Å². The normalized spacial score (nSPS) is 11.6. The zero-order valence-electron chi connectivity index (χ0n) is 17.3. The van der Waals surface area contributed by atoms with Crippen LogP contribution in [0.1, 0.15) is 16.7 Å². The van der Waals surface area contributed by atoms with Crippen molar-refractivity contribution in [1.82, 2.24) is 28.5 Å². The lowest BCUT2D eigenvalue weighted by Crippen LogP contribution is -2.26. The first-order valence-corrected chi connectivity index (χ1v) is 10.2. The summed E-state index contributed by atoms with van der Waals surface area (Å²) >= 11 is 6.15. The predicted molar refractivity (Wildman–Crippen MR) is 119 cm³/mol. The Balaban J connectivity index is 1.74. The van der Waals surface area contributed by atoms with Crippen molar-refractivity contribution in [3.8, 4) is 0 Å². The molecule has 2 aromatic carbocycles. The SMILES string of the molecule is Cc1ccc(Cn2c(=O)c3nn(C)cc3n3c(=O)n(Cc4ccc(F)cc4Cl)nc23)cc1. The zero-order chi connectivity index (χ0) is 22.6. The zero-order valence-corrected chi connectivity index (χ0v) is 18.0. The van der Waals surface area contributed by atoms with E-state index in [2.05, 4.69) is 10.2 Å². The van der Waals surface area contributed by atoms with E-state index in [-0.39, 0.29) is 35.0 Å². The molecule has 0 saturated heterocycles. The summed E-state index contributed by atoms with van der Waals surface area (Å²) in [6, 6.07) is 11.7. The van der Waals surface area contributed by atoms with Crippen LogP contribution in [0.5, 0.6) is 0 Å². The Bertz CT molecular complexity index is 1610. The lowest BCUT2D eigenvalue weighted by Gasteiger charge is -2.08. The molecule has 0 spiro atoms. The number of fused-ring (bicyclic) bond motifs is 3. The van der Waals surface area contributed by atoms with Crippen molar-refractivity contribution in [3.05, 3.63) is 97.0 Å². The van der Waals surface area contributed by atoms with E-state index in [1.807, 2.05) is 31.2 Å². The molecule has 0 aliphatic heterocycles. The van der Waals surface area contributed by atoms with Gasteiger partial charge in [0.05, 0.1) is 13.1 Å². The van der Waals surface area contributed by atoms with Crippen LogP contribution in [-0.2, 0) is 20.1 Å². The number of hydrogen-bond acceptors (Lipinski definition) is 4. The van der Waals surface area contributed by atoms with Gasteiger partial charge in [0.1, 0.15) is 11.3 Å². The standard InChI is InChI=1S/C22H18ClFN6O2/c1-13-3-5-14(6-4-13)10-28-20(31)19-18(12-27(2)25-19)30-21(28)26-29(22(30)32)11-15-7-8-16(24)9-17(15)23/h3-9,12H,10-11H2,1-2H3. The van der Waals surface area contributed by atoms with Gasteiger partial charge >= 0.3 is 5.69 Å². The van der Waals surface area contributed by atoms with Crippen molar-refractivity contribution >= 4 is 28.4 Å². The fourth-order valence-corrected chi connectivity index (χ4v) is 3.95. The van der Waals surface area contributed by atoms with Crippen LogP contribution in [-0.4, -0.2) is 28.5 Å². The summed E-state index contributed by atoms with van der Waals surface area (Å²) < 4.78 is 18.9. The van der Waals surface area contributed by atoms with Crippen molar-refractivity contribution in [3.63, 3.8) is 0 Å². The molecule has 0 aliphatic rings. The molecule has 8 nitrogen and oxygen atoms in total. The molecule has 0 N–H and O–H groups in total. The molecule has 0 unspecified atom stereocenters. The van der Waals surface area contributed by atoms with Crippen LogP contribution >= 0.6 is 11.6 Å². The molecule has 0 aliphatic carbocycles. The van der Waals surface area contributed by atoms with E-state index in [0.717, 1.165) is 11.1 Å². The second-order valence-corrected chi connectivity index (χ2v) is 8.13. The molecule has 162 valence electrons. The van der Waals surface area contributed by atoms with Crippen LogP contribution < -0.4 is 11.2 Å². The number of rotatable bonds is 4. The third kappa shape index (κ3) is 3.31. The fourth-order valence-electron chi connectivity index (χ4n) is 3.73. The van der Waals surface area contributed by atoms with Crippen molar-refractivity contribution < 1.29 is 4.39 Å². The summed E-state index contributed by atoms with van der Waals surface area (Å²) in [5, 5.41) is 8.90. The number of halogens is 2. The van der Waals surface area contributed by atoms with E-state index in [9.17, 15) is 14.0 Å². The Labute approximate surface area is 185 Å². The van der Waals surface area contributed by atoms with Crippen molar-refractivity contribution in [2.75, 3.05) is 0 Å². The molecule has 0 fully saturated rings. The van der Waals surface area contributed by atoms with Gasteiger partial charge in [0.25, 0.3) is 5.56 Å². The number of aromatic nitrogens is 6. The topological polar surface area (TPSA) is 79.1 Å². The van der Waals surface area contributed by atoms with Crippen LogP contribution in [0.3, 0.4) is 0 Å². The highest BCUT2D eigenvalue weighted by molar-refractivity contribution is 6.31. The van der Waals surface area contributed by atoms with Crippen molar-refractivity contribution in [1.29, 1.82) is 0 Å². The minimum absolute atomic E-state index is 0.0279. The third-order valence-electron chi connectivity index (χ3n) is 5.36. The minimum atomic E-state index is -0.467. The maximum atomic E-state index is 13.4. The van der Waals surface area contributed by atoms with Gasteiger partial charge in [0.2, 0.25) is 5.78 Å². The van der Waals surface area contributed by atoms with E-state index in [1.165, 1.54) is 36.5 Å². The molecule has 5 aromatic rings. The smallest absolute Gasteiger partial charge is 0.273 e. The molecule has 3 aromatic heterocycles. The van der Waals surface area contributed by atoms with Gasteiger partial charge in [-0.1, -0.05) is 47.5 Å². The molecule has 0 atom stereocenters.